The Bertz CT molecular complexity index is 440. The van der Waals surface area contributed by atoms with E-state index in [1.807, 2.05) is 17.6 Å². The van der Waals surface area contributed by atoms with E-state index < -0.39 is 0 Å². The standard InChI is InChI=1S/C11H14N2S/c1-11(2,3)6-8-7-12-10-9(13-8)4-5-14-10/h4-5,7H,6H2,1-3H3. The average Bonchev–Trinajstić information content (AvgIpc) is 2.47. The first-order valence-corrected chi connectivity index (χ1v) is 5.62. The van der Waals surface area contributed by atoms with Crippen molar-refractivity contribution in [2.75, 3.05) is 0 Å². The van der Waals surface area contributed by atoms with Gasteiger partial charge in [0.05, 0.1) is 11.9 Å². The Morgan fingerprint density at radius 2 is 2.14 bits per heavy atom. The van der Waals surface area contributed by atoms with Gasteiger partial charge in [0.2, 0.25) is 0 Å². The third-order valence-corrected chi connectivity index (χ3v) is 2.74. The summed E-state index contributed by atoms with van der Waals surface area (Å²) < 4.78 is 0. The van der Waals surface area contributed by atoms with E-state index >= 15 is 0 Å². The predicted octanol–water partition coefficient (Wildman–Crippen LogP) is 3.28. The molecule has 0 aliphatic rings. The highest BCUT2D eigenvalue weighted by atomic mass is 32.1. The lowest BCUT2D eigenvalue weighted by Crippen LogP contribution is -2.10. The van der Waals surface area contributed by atoms with E-state index in [0.717, 1.165) is 22.5 Å². The highest BCUT2D eigenvalue weighted by Gasteiger charge is 2.12. The zero-order valence-electron chi connectivity index (χ0n) is 8.74. The minimum atomic E-state index is 0.276. The summed E-state index contributed by atoms with van der Waals surface area (Å²) in [6.07, 6.45) is 2.87. The van der Waals surface area contributed by atoms with Crippen LogP contribution in [0.5, 0.6) is 0 Å². The Kier molecular flexibility index (Phi) is 2.27. The van der Waals surface area contributed by atoms with Crippen molar-refractivity contribution in [2.24, 2.45) is 5.41 Å². The van der Waals surface area contributed by atoms with Crippen molar-refractivity contribution in [1.29, 1.82) is 0 Å². The summed E-state index contributed by atoms with van der Waals surface area (Å²) in [5, 5.41) is 2.03. The fraction of sp³-hybridized carbons (Fsp3) is 0.455. The molecule has 2 aromatic heterocycles. The summed E-state index contributed by atoms with van der Waals surface area (Å²) >= 11 is 1.64. The Hall–Kier alpha value is -0.960. The van der Waals surface area contributed by atoms with Gasteiger partial charge in [-0.3, -0.25) is 0 Å². The Morgan fingerprint density at radius 3 is 2.86 bits per heavy atom. The van der Waals surface area contributed by atoms with Gasteiger partial charge in [-0.15, -0.1) is 11.3 Å². The van der Waals surface area contributed by atoms with Crippen LogP contribution in [0.15, 0.2) is 17.6 Å². The number of thiophene rings is 1. The number of nitrogens with zero attached hydrogens (tertiary/aromatic N) is 2. The zero-order valence-corrected chi connectivity index (χ0v) is 9.56. The smallest absolute Gasteiger partial charge is 0.141 e. The van der Waals surface area contributed by atoms with Crippen LogP contribution in [0.25, 0.3) is 10.3 Å². The molecule has 0 amide bonds. The lowest BCUT2D eigenvalue weighted by atomic mass is 9.91. The summed E-state index contributed by atoms with van der Waals surface area (Å²) in [6, 6.07) is 2.03. The first-order valence-electron chi connectivity index (χ1n) is 4.74. The highest BCUT2D eigenvalue weighted by Crippen LogP contribution is 2.21. The summed E-state index contributed by atoms with van der Waals surface area (Å²) in [5.41, 5.74) is 2.39. The van der Waals surface area contributed by atoms with Crippen molar-refractivity contribution in [2.45, 2.75) is 27.2 Å². The summed E-state index contributed by atoms with van der Waals surface area (Å²) in [7, 11) is 0. The van der Waals surface area contributed by atoms with Crippen molar-refractivity contribution in [3.8, 4) is 0 Å². The third-order valence-electron chi connectivity index (χ3n) is 1.93. The molecule has 74 valence electrons. The molecule has 0 fully saturated rings. The van der Waals surface area contributed by atoms with Crippen molar-refractivity contribution in [3.63, 3.8) is 0 Å². The number of hydrogen-bond donors (Lipinski definition) is 0. The number of rotatable bonds is 1. The van der Waals surface area contributed by atoms with Crippen LogP contribution in [0.2, 0.25) is 0 Å². The molecule has 0 unspecified atom stereocenters. The molecule has 0 aliphatic heterocycles. The molecular formula is C11H14N2S. The molecule has 2 nitrogen and oxygen atoms in total. The van der Waals surface area contributed by atoms with Gasteiger partial charge >= 0.3 is 0 Å². The second kappa shape index (κ2) is 3.31. The van der Waals surface area contributed by atoms with Gasteiger partial charge < -0.3 is 0 Å². The molecule has 0 aromatic carbocycles. The van der Waals surface area contributed by atoms with E-state index in [1.165, 1.54) is 0 Å². The van der Waals surface area contributed by atoms with Gasteiger partial charge in [-0.1, -0.05) is 20.8 Å². The minimum absolute atomic E-state index is 0.276. The van der Waals surface area contributed by atoms with Gasteiger partial charge in [0, 0.05) is 0 Å². The van der Waals surface area contributed by atoms with Crippen LogP contribution < -0.4 is 0 Å². The van der Waals surface area contributed by atoms with Gasteiger partial charge in [-0.25, -0.2) is 9.97 Å². The topological polar surface area (TPSA) is 25.8 Å². The van der Waals surface area contributed by atoms with Gasteiger partial charge in [-0.05, 0) is 23.3 Å². The predicted molar refractivity (Wildman–Crippen MR) is 60.6 cm³/mol. The lowest BCUT2D eigenvalue weighted by molar-refractivity contribution is 0.406. The maximum atomic E-state index is 4.57. The number of aromatic nitrogens is 2. The number of fused-ring (bicyclic) bond motifs is 1. The van der Waals surface area contributed by atoms with Crippen molar-refractivity contribution >= 4 is 21.7 Å². The second-order valence-corrected chi connectivity index (χ2v) is 5.60. The molecule has 2 aromatic rings. The van der Waals surface area contributed by atoms with E-state index in [-0.39, 0.29) is 5.41 Å². The first kappa shape index (κ1) is 9.59. The highest BCUT2D eigenvalue weighted by molar-refractivity contribution is 7.16. The van der Waals surface area contributed by atoms with Crippen LogP contribution in [0.3, 0.4) is 0 Å². The van der Waals surface area contributed by atoms with E-state index in [0.29, 0.717) is 0 Å². The maximum Gasteiger partial charge on any atom is 0.141 e. The monoisotopic (exact) mass is 206 g/mol. The van der Waals surface area contributed by atoms with Crippen molar-refractivity contribution < 1.29 is 0 Å². The van der Waals surface area contributed by atoms with Crippen LogP contribution in [-0.4, -0.2) is 9.97 Å². The molecule has 2 rings (SSSR count). The average molecular weight is 206 g/mol. The first-order chi connectivity index (χ1) is 6.54. The minimum Gasteiger partial charge on any atom is -0.249 e. The molecule has 14 heavy (non-hydrogen) atoms. The molecule has 0 N–H and O–H groups in total. The lowest BCUT2D eigenvalue weighted by Gasteiger charge is -2.16. The fourth-order valence-corrected chi connectivity index (χ4v) is 2.10. The van der Waals surface area contributed by atoms with Gasteiger partial charge in [0.1, 0.15) is 10.3 Å². The maximum absolute atomic E-state index is 4.57. The normalized spacial score (nSPS) is 12.2. The van der Waals surface area contributed by atoms with Crippen LogP contribution in [0.4, 0.5) is 0 Å². The molecule has 0 bridgehead atoms. The van der Waals surface area contributed by atoms with Crippen LogP contribution in [0, 0.1) is 5.41 Å². The van der Waals surface area contributed by atoms with Crippen LogP contribution in [-0.2, 0) is 6.42 Å². The molecule has 3 heteroatoms. The Labute approximate surface area is 88.0 Å². The second-order valence-electron chi connectivity index (χ2n) is 4.71. The Morgan fingerprint density at radius 1 is 1.36 bits per heavy atom. The molecule has 0 aliphatic carbocycles. The summed E-state index contributed by atoms with van der Waals surface area (Å²) in [4.78, 5) is 9.98. The van der Waals surface area contributed by atoms with E-state index in [2.05, 4.69) is 30.7 Å². The molecule has 0 radical (unpaired) electrons. The molecule has 0 saturated heterocycles. The van der Waals surface area contributed by atoms with Crippen molar-refractivity contribution in [1.82, 2.24) is 9.97 Å². The quantitative estimate of drug-likeness (QED) is 0.715. The third kappa shape index (κ3) is 2.10. The van der Waals surface area contributed by atoms with Crippen LogP contribution in [0.1, 0.15) is 26.5 Å². The van der Waals surface area contributed by atoms with Crippen molar-refractivity contribution in [3.05, 3.63) is 23.3 Å². The van der Waals surface area contributed by atoms with Crippen LogP contribution >= 0.6 is 11.3 Å². The van der Waals surface area contributed by atoms with E-state index in [9.17, 15) is 0 Å². The van der Waals surface area contributed by atoms with Gasteiger partial charge in [0.25, 0.3) is 0 Å². The number of hydrogen-bond acceptors (Lipinski definition) is 3. The molecule has 0 spiro atoms. The molecule has 0 saturated carbocycles. The fourth-order valence-electron chi connectivity index (χ4n) is 1.42. The summed E-state index contributed by atoms with van der Waals surface area (Å²) in [5.74, 6) is 0. The van der Waals surface area contributed by atoms with E-state index in [4.69, 9.17) is 0 Å². The van der Waals surface area contributed by atoms with Gasteiger partial charge in [0.15, 0.2) is 0 Å². The zero-order chi connectivity index (χ0) is 10.2. The SMILES string of the molecule is CC(C)(C)Cc1cnc2sccc2n1. The van der Waals surface area contributed by atoms with E-state index in [1.54, 1.807) is 11.3 Å². The summed E-state index contributed by atoms with van der Waals surface area (Å²) in [6.45, 7) is 6.64. The molecule has 0 atom stereocenters. The molecular weight excluding hydrogens is 192 g/mol. The largest absolute Gasteiger partial charge is 0.249 e. The molecule has 2 heterocycles. The van der Waals surface area contributed by atoms with Gasteiger partial charge in [-0.2, -0.15) is 0 Å². The Balaban J connectivity index is 2.35.